The third-order valence-corrected chi connectivity index (χ3v) is 2.09. The zero-order chi connectivity index (χ0) is 11.4. The molecule has 0 bridgehead atoms. The van der Waals surface area contributed by atoms with Gasteiger partial charge in [-0.1, -0.05) is 19.1 Å². The van der Waals surface area contributed by atoms with Crippen LogP contribution in [-0.4, -0.2) is 16.8 Å². The lowest BCUT2D eigenvalue weighted by atomic mass is 10.2. The Balaban J connectivity index is 2.38. The first-order valence-electron chi connectivity index (χ1n) is 5.10. The van der Waals surface area contributed by atoms with Crippen LogP contribution in [0.2, 0.25) is 0 Å². The average Bonchev–Trinajstić information content (AvgIpc) is 2.33. The van der Waals surface area contributed by atoms with Gasteiger partial charge in [-0.05, 0) is 18.6 Å². The van der Waals surface area contributed by atoms with Gasteiger partial charge in [-0.3, -0.25) is 4.79 Å². The number of aromatic nitrogens is 2. The maximum atomic E-state index is 11.4. The third-order valence-electron chi connectivity index (χ3n) is 2.09. The molecule has 16 heavy (non-hydrogen) atoms. The van der Waals surface area contributed by atoms with Gasteiger partial charge < -0.3 is 4.89 Å². The molecule has 0 fully saturated rings. The molecule has 1 aromatic heterocycles. The summed E-state index contributed by atoms with van der Waals surface area (Å²) in [6.07, 6.45) is 0.848. The topological polar surface area (TPSA) is 64.2 Å². The van der Waals surface area contributed by atoms with Crippen molar-refractivity contribution in [2.24, 2.45) is 0 Å². The van der Waals surface area contributed by atoms with E-state index in [0.29, 0.717) is 17.4 Å². The summed E-state index contributed by atoms with van der Waals surface area (Å²) in [6.45, 7) is 2.46. The van der Waals surface area contributed by atoms with Crippen molar-refractivity contribution in [2.75, 3.05) is 6.61 Å². The van der Waals surface area contributed by atoms with E-state index in [1.165, 1.54) is 0 Å². The van der Waals surface area contributed by atoms with Gasteiger partial charge >= 0.3 is 0 Å². The molecule has 1 heterocycles. The Bertz CT molecular complexity index is 536. The summed E-state index contributed by atoms with van der Waals surface area (Å²) in [6, 6.07) is 7.08. The van der Waals surface area contributed by atoms with Crippen LogP contribution < -0.4 is 10.4 Å². The van der Waals surface area contributed by atoms with E-state index in [4.69, 9.17) is 9.78 Å². The molecule has 5 heteroatoms. The Hall–Kier alpha value is -1.88. The Kier molecular flexibility index (Phi) is 3.16. The second-order valence-corrected chi connectivity index (χ2v) is 3.31. The van der Waals surface area contributed by atoms with Gasteiger partial charge in [-0.2, -0.15) is 4.89 Å². The van der Waals surface area contributed by atoms with Gasteiger partial charge in [0, 0.05) is 0 Å². The first kappa shape index (κ1) is 10.6. The molecule has 0 unspecified atom stereocenters. The van der Waals surface area contributed by atoms with Gasteiger partial charge in [0.1, 0.15) is 0 Å². The van der Waals surface area contributed by atoms with E-state index >= 15 is 0 Å². The Labute approximate surface area is 91.9 Å². The molecule has 0 amide bonds. The van der Waals surface area contributed by atoms with Crippen molar-refractivity contribution >= 4 is 10.8 Å². The lowest BCUT2D eigenvalue weighted by Crippen LogP contribution is -2.10. The number of rotatable bonds is 4. The number of aromatic amines is 1. The summed E-state index contributed by atoms with van der Waals surface area (Å²) in [5.74, 6) is 0.281. The highest BCUT2D eigenvalue weighted by Crippen LogP contribution is 2.18. The largest absolute Gasteiger partial charge is 0.315 e. The highest BCUT2D eigenvalue weighted by molar-refractivity contribution is 5.85. The van der Waals surface area contributed by atoms with Crippen molar-refractivity contribution in [3.05, 3.63) is 34.6 Å². The smallest absolute Gasteiger partial charge is 0.280 e. The van der Waals surface area contributed by atoms with Crippen molar-refractivity contribution in [1.29, 1.82) is 0 Å². The summed E-state index contributed by atoms with van der Waals surface area (Å²) >= 11 is 0. The Morgan fingerprint density at radius 1 is 1.31 bits per heavy atom. The molecule has 0 saturated carbocycles. The lowest BCUT2D eigenvalue weighted by Gasteiger charge is -2.04. The highest BCUT2D eigenvalue weighted by Gasteiger charge is 2.07. The predicted octanol–water partition coefficient (Wildman–Crippen LogP) is 1.64. The minimum absolute atomic E-state index is 0.238. The maximum absolute atomic E-state index is 11.4. The zero-order valence-electron chi connectivity index (χ0n) is 8.90. The first-order chi connectivity index (χ1) is 7.83. The summed E-state index contributed by atoms with van der Waals surface area (Å²) in [4.78, 5) is 21.4. The van der Waals surface area contributed by atoms with Gasteiger partial charge in [0.15, 0.2) is 0 Å². The lowest BCUT2D eigenvalue weighted by molar-refractivity contribution is -0.208. The molecular weight excluding hydrogens is 208 g/mol. The van der Waals surface area contributed by atoms with Crippen molar-refractivity contribution in [2.45, 2.75) is 13.3 Å². The van der Waals surface area contributed by atoms with Gasteiger partial charge in [-0.15, -0.1) is 5.10 Å². The van der Waals surface area contributed by atoms with E-state index in [1.807, 2.05) is 13.0 Å². The Morgan fingerprint density at radius 2 is 2.06 bits per heavy atom. The summed E-state index contributed by atoms with van der Waals surface area (Å²) in [5.41, 5.74) is -0.238. The van der Waals surface area contributed by atoms with Gasteiger partial charge in [0.25, 0.3) is 11.4 Å². The van der Waals surface area contributed by atoms with Crippen molar-refractivity contribution in [3.8, 4) is 5.88 Å². The molecule has 0 saturated heterocycles. The van der Waals surface area contributed by atoms with Crippen molar-refractivity contribution < 1.29 is 9.78 Å². The molecule has 5 nitrogen and oxygen atoms in total. The van der Waals surface area contributed by atoms with E-state index < -0.39 is 0 Å². The van der Waals surface area contributed by atoms with E-state index in [0.717, 1.165) is 6.42 Å². The fourth-order valence-electron chi connectivity index (χ4n) is 1.33. The van der Waals surface area contributed by atoms with Crippen LogP contribution in [0.1, 0.15) is 13.3 Å². The molecule has 0 spiro atoms. The van der Waals surface area contributed by atoms with Crippen LogP contribution >= 0.6 is 0 Å². The summed E-state index contributed by atoms with van der Waals surface area (Å²) < 4.78 is 0. The van der Waals surface area contributed by atoms with Crippen LogP contribution in [0.5, 0.6) is 5.88 Å². The number of benzene rings is 1. The predicted molar refractivity (Wildman–Crippen MR) is 59.2 cm³/mol. The minimum atomic E-state index is -0.238. The summed E-state index contributed by atoms with van der Waals surface area (Å²) in [5, 5.41) is 7.33. The number of fused-ring (bicyclic) bond motifs is 1. The number of hydrogen-bond acceptors (Lipinski definition) is 4. The molecule has 1 aromatic carbocycles. The zero-order valence-corrected chi connectivity index (χ0v) is 8.90. The van der Waals surface area contributed by atoms with Crippen LogP contribution in [0.15, 0.2) is 29.1 Å². The molecular formula is C11H12N2O3. The van der Waals surface area contributed by atoms with Crippen molar-refractivity contribution in [1.82, 2.24) is 10.2 Å². The van der Waals surface area contributed by atoms with E-state index in [2.05, 4.69) is 10.2 Å². The fraction of sp³-hybridized carbons (Fsp3) is 0.273. The molecule has 0 aliphatic carbocycles. The number of hydrogen-bond donors (Lipinski definition) is 1. The minimum Gasteiger partial charge on any atom is -0.315 e. The molecule has 0 radical (unpaired) electrons. The first-order valence-corrected chi connectivity index (χ1v) is 5.10. The monoisotopic (exact) mass is 220 g/mol. The third kappa shape index (κ3) is 2.04. The SMILES string of the molecule is CCCOOc1n[nH]c(=O)c2ccccc12. The normalized spacial score (nSPS) is 10.6. The molecule has 2 aromatic rings. The second-order valence-electron chi connectivity index (χ2n) is 3.31. The highest BCUT2D eigenvalue weighted by atomic mass is 17.2. The van der Waals surface area contributed by atoms with Crippen molar-refractivity contribution in [3.63, 3.8) is 0 Å². The molecule has 0 atom stereocenters. The van der Waals surface area contributed by atoms with E-state index in [1.54, 1.807) is 18.2 Å². The second kappa shape index (κ2) is 4.76. The standard InChI is InChI=1S/C11H12N2O3/c1-2-7-15-16-11-9-6-4-3-5-8(9)10(14)12-13-11/h3-6H,2,7H2,1H3,(H,12,14). The number of nitrogens with one attached hydrogen (secondary N) is 1. The fourth-order valence-corrected chi connectivity index (χ4v) is 1.33. The van der Waals surface area contributed by atoms with E-state index in [-0.39, 0.29) is 11.4 Å². The van der Waals surface area contributed by atoms with E-state index in [9.17, 15) is 4.79 Å². The van der Waals surface area contributed by atoms with Gasteiger partial charge in [0.2, 0.25) is 0 Å². The Morgan fingerprint density at radius 3 is 2.81 bits per heavy atom. The van der Waals surface area contributed by atoms with Crippen LogP contribution in [0, 0.1) is 0 Å². The van der Waals surface area contributed by atoms with Gasteiger partial charge in [0.05, 0.1) is 17.4 Å². The molecule has 84 valence electrons. The summed E-state index contributed by atoms with van der Waals surface area (Å²) in [7, 11) is 0. The van der Waals surface area contributed by atoms with Crippen LogP contribution in [0.4, 0.5) is 0 Å². The van der Waals surface area contributed by atoms with Crippen LogP contribution in [-0.2, 0) is 4.89 Å². The number of nitrogens with zero attached hydrogens (tertiary/aromatic N) is 1. The average molecular weight is 220 g/mol. The maximum Gasteiger partial charge on any atom is 0.280 e. The molecule has 0 aliphatic rings. The molecule has 2 rings (SSSR count). The van der Waals surface area contributed by atoms with Crippen LogP contribution in [0.3, 0.4) is 0 Å². The van der Waals surface area contributed by atoms with Crippen LogP contribution in [0.25, 0.3) is 10.8 Å². The molecule has 0 aliphatic heterocycles. The molecule has 1 N–H and O–H groups in total. The number of H-pyrrole nitrogens is 1. The quantitative estimate of drug-likeness (QED) is 0.483. The van der Waals surface area contributed by atoms with Gasteiger partial charge in [-0.25, -0.2) is 5.10 Å².